The van der Waals surface area contributed by atoms with Crippen LogP contribution in [0.25, 0.3) is 0 Å². The van der Waals surface area contributed by atoms with Gasteiger partial charge in [-0.1, -0.05) is 20.8 Å². The van der Waals surface area contributed by atoms with Crippen molar-refractivity contribution in [2.45, 2.75) is 45.1 Å². The first-order valence-corrected chi connectivity index (χ1v) is 7.26. The summed E-state index contributed by atoms with van der Waals surface area (Å²) in [6.07, 6.45) is 6.76. The minimum absolute atomic E-state index is 0.111. The van der Waals surface area contributed by atoms with Crippen LogP contribution in [0, 0.1) is 0 Å². The number of phenols is 1. The van der Waals surface area contributed by atoms with E-state index in [2.05, 4.69) is 4.98 Å². The Morgan fingerprint density at radius 1 is 1.33 bits per heavy atom. The second-order valence-corrected chi connectivity index (χ2v) is 6.71. The van der Waals surface area contributed by atoms with Crippen molar-refractivity contribution in [3.63, 3.8) is 0 Å². The normalized spacial score (nSPS) is 18.6. The molecule has 2 aromatic rings. The fraction of sp³-hybridized carbons (Fsp3) is 0.412. The lowest BCUT2D eigenvalue weighted by atomic mass is 9.80. The zero-order valence-corrected chi connectivity index (χ0v) is 12.6. The number of benzene rings is 1. The van der Waals surface area contributed by atoms with Gasteiger partial charge in [0.05, 0.1) is 12.4 Å². The van der Waals surface area contributed by atoms with Crippen molar-refractivity contribution in [2.75, 3.05) is 0 Å². The Balaban J connectivity index is 2.07. The van der Waals surface area contributed by atoms with Crippen LogP contribution in [0.1, 0.15) is 54.7 Å². The molecule has 21 heavy (non-hydrogen) atoms. The number of rotatable bonds is 1. The molecule has 3 rings (SSSR count). The zero-order valence-electron chi connectivity index (χ0n) is 12.6. The first kappa shape index (κ1) is 13.9. The summed E-state index contributed by atoms with van der Waals surface area (Å²) in [5.41, 5.74) is 2.31. The number of aromatic nitrogens is 2. The molecule has 1 atom stereocenters. The van der Waals surface area contributed by atoms with Crippen LogP contribution in [-0.4, -0.2) is 20.4 Å². The van der Waals surface area contributed by atoms with Crippen molar-refractivity contribution < 1.29 is 9.90 Å². The molecule has 0 fully saturated rings. The average molecular weight is 284 g/mol. The van der Waals surface area contributed by atoms with Gasteiger partial charge >= 0.3 is 0 Å². The summed E-state index contributed by atoms with van der Waals surface area (Å²) in [5.74, 6) is 0.398. The maximum Gasteiger partial charge on any atom is 0.185 e. The van der Waals surface area contributed by atoms with Gasteiger partial charge in [-0.25, -0.2) is 4.98 Å². The summed E-state index contributed by atoms with van der Waals surface area (Å²) >= 11 is 0. The van der Waals surface area contributed by atoms with E-state index in [0.29, 0.717) is 0 Å². The largest absolute Gasteiger partial charge is 0.508 e. The summed E-state index contributed by atoms with van der Waals surface area (Å²) in [5, 5.41) is 10.2. The highest BCUT2D eigenvalue weighted by Gasteiger charge is 2.31. The molecule has 0 saturated carbocycles. The second kappa shape index (κ2) is 4.72. The number of nitrogens with zero attached hydrogens (tertiary/aromatic N) is 2. The van der Waals surface area contributed by atoms with Crippen LogP contribution >= 0.6 is 0 Å². The molecule has 110 valence electrons. The maximum absolute atomic E-state index is 12.8. The number of Topliss-reactive ketones (excluding diaryl/α,β-unsaturated/α-hetero) is 1. The third kappa shape index (κ3) is 2.35. The molecule has 0 radical (unpaired) electrons. The molecule has 1 aromatic carbocycles. The summed E-state index contributed by atoms with van der Waals surface area (Å²) in [6.45, 7) is 6.11. The molecular weight excluding hydrogens is 264 g/mol. The van der Waals surface area contributed by atoms with Gasteiger partial charge in [0, 0.05) is 18.0 Å². The number of aromatic hydroxyl groups is 1. The number of carbonyl (C=O) groups is 1. The van der Waals surface area contributed by atoms with E-state index in [-0.39, 0.29) is 23.0 Å². The van der Waals surface area contributed by atoms with Crippen LogP contribution in [-0.2, 0) is 11.8 Å². The SMILES string of the molecule is CC(C)(C)c1cc2c(cc1O)CCC(n1ccnc1)C2=O. The molecule has 4 heteroatoms. The minimum Gasteiger partial charge on any atom is -0.508 e. The molecular formula is C17H20N2O2. The van der Waals surface area contributed by atoms with E-state index in [4.69, 9.17) is 0 Å². The van der Waals surface area contributed by atoms with Crippen molar-refractivity contribution in [1.82, 2.24) is 9.55 Å². The second-order valence-electron chi connectivity index (χ2n) is 6.71. The van der Waals surface area contributed by atoms with Gasteiger partial charge in [0.2, 0.25) is 0 Å². The number of ketones is 1. The Bertz CT molecular complexity index is 682. The van der Waals surface area contributed by atoms with Gasteiger partial charge in [-0.15, -0.1) is 0 Å². The van der Waals surface area contributed by atoms with Gasteiger partial charge < -0.3 is 9.67 Å². The van der Waals surface area contributed by atoms with Crippen molar-refractivity contribution in [2.24, 2.45) is 0 Å². The highest BCUT2D eigenvalue weighted by atomic mass is 16.3. The van der Waals surface area contributed by atoms with E-state index in [1.807, 2.05) is 37.6 Å². The van der Waals surface area contributed by atoms with Crippen LogP contribution in [0.3, 0.4) is 0 Å². The molecule has 0 spiro atoms. The van der Waals surface area contributed by atoms with Gasteiger partial charge in [-0.3, -0.25) is 4.79 Å². The number of hydrogen-bond acceptors (Lipinski definition) is 3. The van der Waals surface area contributed by atoms with E-state index >= 15 is 0 Å². The van der Waals surface area contributed by atoms with Crippen LogP contribution < -0.4 is 0 Å². The first-order valence-electron chi connectivity index (χ1n) is 7.26. The predicted octanol–water partition coefficient (Wildman–Crippen LogP) is 3.26. The Hall–Kier alpha value is -2.10. The van der Waals surface area contributed by atoms with Gasteiger partial charge in [-0.05, 0) is 41.5 Å². The lowest BCUT2D eigenvalue weighted by molar-refractivity contribution is 0.0908. The molecule has 1 aliphatic carbocycles. The standard InChI is InChI=1S/C17H20N2O2/c1-17(2,3)13-9-12-11(8-15(13)20)4-5-14(16(12)21)19-7-6-18-10-19/h6-10,14,20H,4-5H2,1-3H3. The fourth-order valence-electron chi connectivity index (χ4n) is 3.01. The summed E-state index contributed by atoms with van der Waals surface area (Å²) in [7, 11) is 0. The Labute approximate surface area is 124 Å². The predicted molar refractivity (Wildman–Crippen MR) is 80.7 cm³/mol. The molecule has 1 unspecified atom stereocenters. The topological polar surface area (TPSA) is 55.1 Å². The summed E-state index contributed by atoms with van der Waals surface area (Å²) in [4.78, 5) is 16.8. The van der Waals surface area contributed by atoms with E-state index in [9.17, 15) is 9.90 Å². The molecule has 1 N–H and O–H groups in total. The quantitative estimate of drug-likeness (QED) is 0.874. The number of imidazole rings is 1. The van der Waals surface area contributed by atoms with Gasteiger partial charge in [-0.2, -0.15) is 0 Å². The zero-order chi connectivity index (χ0) is 15.2. The van der Waals surface area contributed by atoms with Gasteiger partial charge in [0.25, 0.3) is 0 Å². The molecule has 0 bridgehead atoms. The van der Waals surface area contributed by atoms with Crippen molar-refractivity contribution in [1.29, 1.82) is 0 Å². The number of aryl methyl sites for hydroxylation is 1. The maximum atomic E-state index is 12.8. The van der Waals surface area contributed by atoms with Crippen molar-refractivity contribution in [3.05, 3.63) is 47.5 Å². The van der Waals surface area contributed by atoms with Crippen LogP contribution in [0.2, 0.25) is 0 Å². The van der Waals surface area contributed by atoms with E-state index in [1.165, 1.54) is 0 Å². The average Bonchev–Trinajstić information content (AvgIpc) is 2.91. The highest BCUT2D eigenvalue weighted by Crippen LogP contribution is 2.37. The van der Waals surface area contributed by atoms with E-state index < -0.39 is 0 Å². The Morgan fingerprint density at radius 2 is 2.10 bits per heavy atom. The van der Waals surface area contributed by atoms with Crippen molar-refractivity contribution >= 4 is 5.78 Å². The number of phenolic OH excluding ortho intramolecular Hbond substituents is 1. The molecule has 1 aliphatic rings. The third-order valence-electron chi connectivity index (χ3n) is 4.17. The molecule has 1 aromatic heterocycles. The molecule has 4 nitrogen and oxygen atoms in total. The number of hydrogen-bond donors (Lipinski definition) is 1. The van der Waals surface area contributed by atoms with Crippen LogP contribution in [0.15, 0.2) is 30.9 Å². The summed E-state index contributed by atoms with van der Waals surface area (Å²) in [6, 6.07) is 3.45. The highest BCUT2D eigenvalue weighted by molar-refractivity contribution is 6.01. The van der Waals surface area contributed by atoms with Gasteiger partial charge in [0.15, 0.2) is 5.78 Å². The smallest absolute Gasteiger partial charge is 0.185 e. The molecule has 0 aliphatic heterocycles. The van der Waals surface area contributed by atoms with Crippen LogP contribution in [0.5, 0.6) is 5.75 Å². The van der Waals surface area contributed by atoms with E-state index in [1.54, 1.807) is 18.6 Å². The lowest BCUT2D eigenvalue weighted by Gasteiger charge is -2.28. The summed E-state index contributed by atoms with van der Waals surface area (Å²) < 4.78 is 1.87. The third-order valence-corrected chi connectivity index (χ3v) is 4.17. The minimum atomic E-state index is -0.193. The molecule has 1 heterocycles. The van der Waals surface area contributed by atoms with Crippen LogP contribution in [0.4, 0.5) is 0 Å². The molecule has 0 amide bonds. The molecule has 0 saturated heterocycles. The van der Waals surface area contributed by atoms with Crippen molar-refractivity contribution in [3.8, 4) is 5.75 Å². The number of fused-ring (bicyclic) bond motifs is 1. The number of carbonyl (C=O) groups excluding carboxylic acids is 1. The fourth-order valence-corrected chi connectivity index (χ4v) is 3.01. The Kier molecular flexibility index (Phi) is 3.12. The van der Waals surface area contributed by atoms with E-state index in [0.717, 1.165) is 29.5 Å². The lowest BCUT2D eigenvalue weighted by Crippen LogP contribution is -2.26. The monoisotopic (exact) mass is 284 g/mol. The Morgan fingerprint density at radius 3 is 2.71 bits per heavy atom. The van der Waals surface area contributed by atoms with Gasteiger partial charge in [0.1, 0.15) is 5.75 Å². The first-order chi connectivity index (χ1) is 9.88.